The highest BCUT2D eigenvalue weighted by Gasteiger charge is 2.42. The minimum Gasteiger partial charge on any atom is -0.389 e. The van der Waals surface area contributed by atoms with Crippen LogP contribution < -0.4 is 0 Å². The Labute approximate surface area is 87.7 Å². The predicted molar refractivity (Wildman–Crippen MR) is 58.3 cm³/mol. The summed E-state index contributed by atoms with van der Waals surface area (Å²) in [6.07, 6.45) is 4.13. The van der Waals surface area contributed by atoms with Crippen molar-refractivity contribution in [3.63, 3.8) is 0 Å². The molecule has 0 aromatic carbocycles. The molecule has 0 heterocycles. The smallest absolute Gasteiger partial charge is 0.0697 e. The molecule has 0 unspecified atom stereocenters. The summed E-state index contributed by atoms with van der Waals surface area (Å²) in [5.41, 5.74) is -0.495. The van der Waals surface area contributed by atoms with Crippen LogP contribution in [0.5, 0.6) is 0 Å². The van der Waals surface area contributed by atoms with Gasteiger partial charge >= 0.3 is 0 Å². The molecule has 0 saturated heterocycles. The van der Waals surface area contributed by atoms with Gasteiger partial charge in [0.25, 0.3) is 0 Å². The third-order valence-corrected chi connectivity index (χ3v) is 3.56. The van der Waals surface area contributed by atoms with Crippen molar-refractivity contribution >= 4 is 0 Å². The lowest BCUT2D eigenvalue weighted by Crippen LogP contribution is -2.46. The van der Waals surface area contributed by atoms with Gasteiger partial charge in [-0.15, -0.1) is 0 Å². The molecule has 1 aliphatic carbocycles. The van der Waals surface area contributed by atoms with Gasteiger partial charge in [0, 0.05) is 6.61 Å². The van der Waals surface area contributed by atoms with Crippen LogP contribution in [0.3, 0.4) is 0 Å². The molecule has 0 radical (unpaired) electrons. The van der Waals surface area contributed by atoms with Gasteiger partial charge in [0.15, 0.2) is 0 Å². The molecule has 1 rings (SSSR count). The zero-order valence-corrected chi connectivity index (χ0v) is 9.97. The Hall–Kier alpha value is -0.0800. The lowest BCUT2D eigenvalue weighted by molar-refractivity contribution is -0.113. The third-order valence-electron chi connectivity index (χ3n) is 3.56. The van der Waals surface area contributed by atoms with E-state index >= 15 is 0 Å². The van der Waals surface area contributed by atoms with Crippen LogP contribution in [0.4, 0.5) is 0 Å². The molecule has 1 fully saturated rings. The Morgan fingerprint density at radius 1 is 1.29 bits per heavy atom. The van der Waals surface area contributed by atoms with E-state index < -0.39 is 5.60 Å². The van der Waals surface area contributed by atoms with Crippen LogP contribution in [-0.2, 0) is 4.74 Å². The van der Waals surface area contributed by atoms with Crippen molar-refractivity contribution in [1.82, 2.24) is 0 Å². The Bertz CT molecular complexity index is 173. The Morgan fingerprint density at radius 2 is 1.79 bits per heavy atom. The van der Waals surface area contributed by atoms with E-state index in [0.29, 0.717) is 6.10 Å². The second kappa shape index (κ2) is 4.19. The lowest BCUT2D eigenvalue weighted by Gasteiger charge is -2.45. The Morgan fingerprint density at radius 3 is 2.14 bits per heavy atom. The average molecular weight is 200 g/mol. The summed E-state index contributed by atoms with van der Waals surface area (Å²) in [4.78, 5) is 0. The maximum atomic E-state index is 10.4. The molecule has 1 N–H and O–H groups in total. The summed E-state index contributed by atoms with van der Waals surface area (Å²) in [5, 5.41) is 10.4. The van der Waals surface area contributed by atoms with Crippen molar-refractivity contribution in [1.29, 1.82) is 0 Å². The van der Waals surface area contributed by atoms with E-state index in [9.17, 15) is 5.11 Å². The highest BCUT2D eigenvalue weighted by atomic mass is 16.5. The first kappa shape index (κ1) is 12.0. The van der Waals surface area contributed by atoms with E-state index in [0.717, 1.165) is 32.3 Å². The highest BCUT2D eigenvalue weighted by molar-refractivity contribution is 4.94. The highest BCUT2D eigenvalue weighted by Crippen LogP contribution is 2.42. The molecule has 84 valence electrons. The van der Waals surface area contributed by atoms with Crippen LogP contribution in [0.15, 0.2) is 0 Å². The summed E-state index contributed by atoms with van der Waals surface area (Å²) >= 11 is 0. The number of hydrogen-bond donors (Lipinski definition) is 1. The second-order valence-electron chi connectivity index (χ2n) is 5.44. The second-order valence-corrected chi connectivity index (χ2v) is 5.44. The number of rotatable bonds is 2. The molecule has 0 spiro atoms. The Balaban J connectivity index is 2.49. The van der Waals surface area contributed by atoms with Crippen molar-refractivity contribution in [3.05, 3.63) is 0 Å². The molecule has 0 amide bonds. The SMILES string of the molecule is CCOC1CCC(O)(C(C)(C)C)CC1. The van der Waals surface area contributed by atoms with Crippen LogP contribution in [0.25, 0.3) is 0 Å². The van der Waals surface area contributed by atoms with Gasteiger partial charge in [-0.1, -0.05) is 20.8 Å². The van der Waals surface area contributed by atoms with Crippen LogP contribution in [0.2, 0.25) is 0 Å². The van der Waals surface area contributed by atoms with Gasteiger partial charge in [0.2, 0.25) is 0 Å². The minimum atomic E-state index is -0.486. The quantitative estimate of drug-likeness (QED) is 0.742. The maximum absolute atomic E-state index is 10.4. The molecule has 14 heavy (non-hydrogen) atoms. The normalized spacial score (nSPS) is 34.5. The molecule has 1 aliphatic rings. The maximum Gasteiger partial charge on any atom is 0.0697 e. The number of aliphatic hydroxyl groups is 1. The van der Waals surface area contributed by atoms with Gasteiger partial charge in [-0.05, 0) is 38.0 Å². The fraction of sp³-hybridized carbons (Fsp3) is 1.00. The van der Waals surface area contributed by atoms with Crippen molar-refractivity contribution in [3.8, 4) is 0 Å². The Kier molecular flexibility index (Phi) is 3.59. The molecule has 0 atom stereocenters. The summed E-state index contributed by atoms with van der Waals surface area (Å²) in [7, 11) is 0. The average Bonchev–Trinajstić information content (AvgIpc) is 2.08. The summed E-state index contributed by atoms with van der Waals surface area (Å²) < 4.78 is 5.58. The van der Waals surface area contributed by atoms with Crippen molar-refractivity contribution in [2.75, 3.05) is 6.61 Å². The van der Waals surface area contributed by atoms with Gasteiger partial charge in [0.1, 0.15) is 0 Å². The van der Waals surface area contributed by atoms with Crippen LogP contribution in [-0.4, -0.2) is 23.4 Å². The van der Waals surface area contributed by atoms with E-state index in [1.54, 1.807) is 0 Å². The first-order chi connectivity index (χ1) is 6.39. The van der Waals surface area contributed by atoms with Gasteiger partial charge in [0.05, 0.1) is 11.7 Å². The first-order valence-corrected chi connectivity index (χ1v) is 5.73. The summed E-state index contributed by atoms with van der Waals surface area (Å²) in [6, 6.07) is 0. The van der Waals surface area contributed by atoms with Gasteiger partial charge < -0.3 is 9.84 Å². The molecule has 2 heteroatoms. The standard InChI is InChI=1S/C12H24O2/c1-5-14-10-6-8-12(13,9-7-10)11(2,3)4/h10,13H,5-9H2,1-4H3. The molecule has 0 aliphatic heterocycles. The fourth-order valence-corrected chi connectivity index (χ4v) is 2.22. The predicted octanol–water partition coefficient (Wildman–Crippen LogP) is 2.74. The van der Waals surface area contributed by atoms with Gasteiger partial charge in [-0.2, -0.15) is 0 Å². The molecule has 1 saturated carbocycles. The zero-order valence-electron chi connectivity index (χ0n) is 9.97. The monoisotopic (exact) mass is 200 g/mol. The lowest BCUT2D eigenvalue weighted by atomic mass is 9.68. The van der Waals surface area contributed by atoms with E-state index in [4.69, 9.17) is 4.74 Å². The fourth-order valence-electron chi connectivity index (χ4n) is 2.22. The van der Waals surface area contributed by atoms with E-state index in [1.165, 1.54) is 0 Å². The van der Waals surface area contributed by atoms with Crippen molar-refractivity contribution < 1.29 is 9.84 Å². The topological polar surface area (TPSA) is 29.5 Å². The van der Waals surface area contributed by atoms with E-state index in [2.05, 4.69) is 20.8 Å². The molecule has 0 aromatic heterocycles. The number of ether oxygens (including phenoxy) is 1. The molecule has 0 aromatic rings. The summed E-state index contributed by atoms with van der Waals surface area (Å²) in [5.74, 6) is 0. The molecule has 2 nitrogen and oxygen atoms in total. The largest absolute Gasteiger partial charge is 0.389 e. The molecular formula is C12H24O2. The van der Waals surface area contributed by atoms with E-state index in [-0.39, 0.29) is 5.41 Å². The van der Waals surface area contributed by atoms with Gasteiger partial charge in [-0.3, -0.25) is 0 Å². The zero-order chi connectivity index (χ0) is 10.8. The molecular weight excluding hydrogens is 176 g/mol. The van der Waals surface area contributed by atoms with Crippen molar-refractivity contribution in [2.45, 2.75) is 65.1 Å². The molecule has 0 bridgehead atoms. The first-order valence-electron chi connectivity index (χ1n) is 5.73. The third kappa shape index (κ3) is 2.48. The van der Waals surface area contributed by atoms with E-state index in [1.807, 2.05) is 6.92 Å². The van der Waals surface area contributed by atoms with Crippen LogP contribution in [0.1, 0.15) is 53.4 Å². The van der Waals surface area contributed by atoms with Crippen LogP contribution >= 0.6 is 0 Å². The van der Waals surface area contributed by atoms with Crippen molar-refractivity contribution in [2.24, 2.45) is 5.41 Å². The minimum absolute atomic E-state index is 0.00974. The summed E-state index contributed by atoms with van der Waals surface area (Å²) in [6.45, 7) is 9.18. The number of hydrogen-bond acceptors (Lipinski definition) is 2. The van der Waals surface area contributed by atoms with Crippen LogP contribution in [0, 0.1) is 5.41 Å². The van der Waals surface area contributed by atoms with Gasteiger partial charge in [-0.25, -0.2) is 0 Å².